The molecule has 1 aromatic heterocycles. The fraction of sp³-hybridized carbons (Fsp3) is 0.467. The molecule has 3 heteroatoms. The van der Waals surface area contributed by atoms with Gasteiger partial charge in [-0.1, -0.05) is 12.1 Å². The van der Waals surface area contributed by atoms with Crippen molar-refractivity contribution in [3.63, 3.8) is 0 Å². The second-order valence-electron chi connectivity index (χ2n) is 5.29. The highest BCUT2D eigenvalue weighted by Gasteiger charge is 2.19. The first-order valence-corrected chi connectivity index (χ1v) is 6.64. The maximum atomic E-state index is 6.00. The van der Waals surface area contributed by atoms with E-state index < -0.39 is 0 Å². The predicted molar refractivity (Wildman–Crippen MR) is 73.8 cm³/mol. The molecule has 3 nitrogen and oxygen atoms in total. The van der Waals surface area contributed by atoms with Gasteiger partial charge in [0.25, 0.3) is 0 Å². The van der Waals surface area contributed by atoms with Crippen LogP contribution in [0.3, 0.4) is 0 Å². The fourth-order valence-electron chi connectivity index (χ4n) is 2.57. The van der Waals surface area contributed by atoms with Crippen molar-refractivity contribution in [2.45, 2.75) is 19.4 Å². The Morgan fingerprint density at radius 1 is 1.28 bits per heavy atom. The summed E-state index contributed by atoms with van der Waals surface area (Å²) in [5.41, 5.74) is 2.25. The molecule has 96 valence electrons. The quantitative estimate of drug-likeness (QED) is 0.836. The molecule has 18 heavy (non-hydrogen) atoms. The van der Waals surface area contributed by atoms with Gasteiger partial charge in [0.1, 0.15) is 11.3 Å². The van der Waals surface area contributed by atoms with Crippen LogP contribution in [0.5, 0.6) is 0 Å². The minimum absolute atomic E-state index is 0.350. The van der Waals surface area contributed by atoms with Crippen LogP contribution in [0.4, 0.5) is 0 Å². The number of fused-ring (bicyclic) bond motifs is 1. The van der Waals surface area contributed by atoms with Crippen LogP contribution in [0.15, 0.2) is 28.7 Å². The molecule has 0 amide bonds. The summed E-state index contributed by atoms with van der Waals surface area (Å²) >= 11 is 0. The molecule has 0 spiro atoms. The molecule has 1 aliphatic heterocycles. The lowest BCUT2D eigenvalue weighted by molar-refractivity contribution is 0.351. The van der Waals surface area contributed by atoms with Crippen LogP contribution >= 0.6 is 0 Å². The number of hydrogen-bond acceptors (Lipinski definition) is 3. The molecular weight excluding hydrogens is 224 g/mol. The summed E-state index contributed by atoms with van der Waals surface area (Å²) in [6.45, 7) is 5.35. The number of rotatable bonds is 1. The Morgan fingerprint density at radius 3 is 3.06 bits per heavy atom. The normalized spacial score (nSPS) is 22.2. The van der Waals surface area contributed by atoms with E-state index in [1.807, 2.05) is 0 Å². The third-order valence-corrected chi connectivity index (χ3v) is 3.72. The number of benzene rings is 1. The summed E-state index contributed by atoms with van der Waals surface area (Å²) in [4.78, 5) is 2.36. The molecular formula is C15H20N2O. The van der Waals surface area contributed by atoms with Crippen molar-refractivity contribution in [1.29, 1.82) is 0 Å². The van der Waals surface area contributed by atoms with Crippen LogP contribution in [0.2, 0.25) is 0 Å². The monoisotopic (exact) mass is 244 g/mol. The van der Waals surface area contributed by atoms with E-state index in [4.69, 9.17) is 4.42 Å². The zero-order chi connectivity index (χ0) is 12.5. The zero-order valence-electron chi connectivity index (χ0n) is 11.1. The number of nitrogens with zero attached hydrogens (tertiary/aromatic N) is 1. The Morgan fingerprint density at radius 2 is 2.17 bits per heavy atom. The highest BCUT2D eigenvalue weighted by Crippen LogP contribution is 2.27. The highest BCUT2D eigenvalue weighted by atomic mass is 16.3. The molecule has 0 bridgehead atoms. The van der Waals surface area contributed by atoms with E-state index in [9.17, 15) is 0 Å². The molecule has 1 saturated heterocycles. The topological polar surface area (TPSA) is 28.4 Å². The number of nitrogens with one attached hydrogen (secondary N) is 1. The Bertz CT molecular complexity index is 546. The van der Waals surface area contributed by atoms with Gasteiger partial charge in [0, 0.05) is 18.5 Å². The maximum Gasteiger partial charge on any atom is 0.134 e. The lowest BCUT2D eigenvalue weighted by Crippen LogP contribution is -2.24. The lowest BCUT2D eigenvalue weighted by atomic mass is 10.1. The molecule has 3 rings (SSSR count). The summed E-state index contributed by atoms with van der Waals surface area (Å²) in [5, 5.41) is 4.77. The van der Waals surface area contributed by atoms with Crippen LogP contribution in [-0.2, 0) is 0 Å². The second kappa shape index (κ2) is 4.75. The first kappa shape index (κ1) is 11.8. The van der Waals surface area contributed by atoms with Crippen molar-refractivity contribution < 1.29 is 4.42 Å². The van der Waals surface area contributed by atoms with E-state index >= 15 is 0 Å². The van der Waals surface area contributed by atoms with E-state index in [0.29, 0.717) is 6.04 Å². The molecule has 1 atom stereocenters. The number of furan rings is 1. The average Bonchev–Trinajstić information content (AvgIpc) is 2.63. The summed E-state index contributed by atoms with van der Waals surface area (Å²) in [7, 11) is 2.17. The molecule has 1 N–H and O–H groups in total. The first-order valence-electron chi connectivity index (χ1n) is 6.64. The highest BCUT2D eigenvalue weighted by molar-refractivity contribution is 5.78. The molecule has 0 aliphatic carbocycles. The van der Waals surface area contributed by atoms with Crippen molar-refractivity contribution in [3.8, 4) is 0 Å². The third kappa shape index (κ3) is 2.28. The number of likely N-dealkylation sites (N-methyl/N-ethyl adjacent to an activating group) is 1. The molecule has 1 unspecified atom stereocenters. The first-order chi connectivity index (χ1) is 8.72. The standard InChI is InChI=1S/C15H20N2O/c1-11-3-4-12-10-15(18-14(12)9-11)13-5-7-17(2)8-6-16-13/h3-4,9-10,13,16H,5-8H2,1-2H3. The van der Waals surface area contributed by atoms with Gasteiger partial charge in [0.05, 0.1) is 6.04 Å². The minimum Gasteiger partial charge on any atom is -0.459 e. The van der Waals surface area contributed by atoms with Gasteiger partial charge in [0.2, 0.25) is 0 Å². The van der Waals surface area contributed by atoms with Crippen LogP contribution in [0.25, 0.3) is 11.0 Å². The van der Waals surface area contributed by atoms with Gasteiger partial charge in [-0.05, 0) is 44.6 Å². The molecule has 2 heterocycles. The van der Waals surface area contributed by atoms with E-state index in [0.717, 1.165) is 37.4 Å². The van der Waals surface area contributed by atoms with Crippen LogP contribution in [0.1, 0.15) is 23.8 Å². The molecule has 1 aliphatic rings. The van der Waals surface area contributed by atoms with Gasteiger partial charge in [0.15, 0.2) is 0 Å². The van der Waals surface area contributed by atoms with Crippen molar-refractivity contribution >= 4 is 11.0 Å². The van der Waals surface area contributed by atoms with Crippen molar-refractivity contribution in [2.75, 3.05) is 26.7 Å². The summed E-state index contributed by atoms with van der Waals surface area (Å²) in [5.74, 6) is 1.07. The van der Waals surface area contributed by atoms with Crippen molar-refractivity contribution in [3.05, 3.63) is 35.6 Å². The van der Waals surface area contributed by atoms with Gasteiger partial charge in [-0.3, -0.25) is 0 Å². The minimum atomic E-state index is 0.350. The van der Waals surface area contributed by atoms with Gasteiger partial charge in [-0.2, -0.15) is 0 Å². The predicted octanol–water partition coefficient (Wildman–Crippen LogP) is 2.71. The average molecular weight is 244 g/mol. The molecule has 1 aromatic carbocycles. The van der Waals surface area contributed by atoms with E-state index in [1.54, 1.807) is 0 Å². The maximum absolute atomic E-state index is 6.00. The molecule has 2 aromatic rings. The van der Waals surface area contributed by atoms with E-state index in [-0.39, 0.29) is 0 Å². The fourth-order valence-corrected chi connectivity index (χ4v) is 2.57. The van der Waals surface area contributed by atoms with E-state index in [1.165, 1.54) is 10.9 Å². The molecule has 0 radical (unpaired) electrons. The summed E-state index contributed by atoms with van der Waals surface area (Å²) < 4.78 is 6.00. The van der Waals surface area contributed by atoms with Gasteiger partial charge in [-0.15, -0.1) is 0 Å². The largest absolute Gasteiger partial charge is 0.459 e. The van der Waals surface area contributed by atoms with E-state index in [2.05, 4.69) is 48.5 Å². The van der Waals surface area contributed by atoms with Crippen LogP contribution < -0.4 is 5.32 Å². The molecule has 1 fully saturated rings. The Hall–Kier alpha value is -1.32. The zero-order valence-corrected chi connectivity index (χ0v) is 11.1. The SMILES string of the molecule is Cc1ccc2cc(C3CCN(C)CCN3)oc2c1. The van der Waals surface area contributed by atoms with Gasteiger partial charge in [-0.25, -0.2) is 0 Å². The van der Waals surface area contributed by atoms with Gasteiger partial charge >= 0.3 is 0 Å². The molecule has 0 saturated carbocycles. The summed E-state index contributed by atoms with van der Waals surface area (Å²) in [6.07, 6.45) is 1.11. The Labute approximate surface area is 108 Å². The van der Waals surface area contributed by atoms with Crippen molar-refractivity contribution in [2.24, 2.45) is 0 Å². The lowest BCUT2D eigenvalue weighted by Gasteiger charge is -2.12. The van der Waals surface area contributed by atoms with Gasteiger partial charge < -0.3 is 14.6 Å². The van der Waals surface area contributed by atoms with Crippen molar-refractivity contribution in [1.82, 2.24) is 10.2 Å². The number of aryl methyl sites for hydroxylation is 1. The smallest absolute Gasteiger partial charge is 0.134 e. The van der Waals surface area contributed by atoms with Crippen LogP contribution in [0, 0.1) is 6.92 Å². The number of hydrogen-bond donors (Lipinski definition) is 1. The Kier molecular flexibility index (Phi) is 3.10. The van der Waals surface area contributed by atoms with Crippen LogP contribution in [-0.4, -0.2) is 31.6 Å². The Balaban J connectivity index is 1.89. The third-order valence-electron chi connectivity index (χ3n) is 3.72. The second-order valence-corrected chi connectivity index (χ2v) is 5.29. The summed E-state index contributed by atoms with van der Waals surface area (Å²) in [6, 6.07) is 8.92.